The molecule has 0 amide bonds. The third-order valence-electron chi connectivity index (χ3n) is 2.46. The van der Waals surface area contributed by atoms with Crippen LogP contribution in [0.5, 0.6) is 0 Å². The molecule has 0 saturated heterocycles. The van der Waals surface area contributed by atoms with E-state index in [9.17, 15) is 0 Å². The highest BCUT2D eigenvalue weighted by molar-refractivity contribution is 6.30. The van der Waals surface area contributed by atoms with Gasteiger partial charge in [0, 0.05) is 11.3 Å². The van der Waals surface area contributed by atoms with E-state index in [2.05, 4.69) is 16.9 Å². The molecule has 0 atom stereocenters. The quantitative estimate of drug-likeness (QED) is 0.621. The molecule has 0 spiro atoms. The molecule has 0 bridgehead atoms. The normalized spacial score (nSPS) is 10.6. The van der Waals surface area contributed by atoms with Gasteiger partial charge in [-0.25, -0.2) is 9.97 Å². The van der Waals surface area contributed by atoms with Gasteiger partial charge in [-0.3, -0.25) is 0 Å². The van der Waals surface area contributed by atoms with Gasteiger partial charge in [0.05, 0.1) is 0 Å². The largest absolute Gasteiger partial charge is 0.368 e. The molecule has 4 heteroatoms. The number of nitrogen functional groups attached to an aromatic ring is 1. The first-order chi connectivity index (χ1) is 7.15. The monoisotopic (exact) mass is 227 g/mol. The molecule has 0 radical (unpaired) electrons. The summed E-state index contributed by atoms with van der Waals surface area (Å²) in [7, 11) is 0. The van der Waals surface area contributed by atoms with E-state index in [1.54, 1.807) is 0 Å². The average molecular weight is 228 g/mol. The van der Waals surface area contributed by atoms with Gasteiger partial charge in [0.25, 0.3) is 0 Å². The van der Waals surface area contributed by atoms with Crippen molar-refractivity contribution >= 4 is 17.5 Å². The summed E-state index contributed by atoms with van der Waals surface area (Å²) in [5.74, 6) is 0.259. The molecule has 0 aliphatic rings. The van der Waals surface area contributed by atoms with Crippen LogP contribution in [0.1, 0.15) is 43.9 Å². The number of aromatic nitrogens is 2. The molecule has 3 nitrogen and oxygen atoms in total. The van der Waals surface area contributed by atoms with Crippen LogP contribution in [-0.4, -0.2) is 9.97 Å². The molecule has 84 valence electrons. The van der Waals surface area contributed by atoms with Gasteiger partial charge < -0.3 is 5.73 Å². The first kappa shape index (κ1) is 12.2. The highest BCUT2D eigenvalue weighted by Gasteiger charge is 2.07. The van der Waals surface area contributed by atoms with E-state index in [0.29, 0.717) is 5.15 Å². The number of halogens is 1. The zero-order valence-electron chi connectivity index (χ0n) is 9.39. The van der Waals surface area contributed by atoms with Crippen molar-refractivity contribution < 1.29 is 0 Å². The highest BCUT2D eigenvalue weighted by atomic mass is 35.5. The van der Waals surface area contributed by atoms with Crippen molar-refractivity contribution in [1.82, 2.24) is 9.97 Å². The number of nitrogens with zero attached hydrogens (tertiary/aromatic N) is 2. The minimum absolute atomic E-state index is 0.259. The lowest BCUT2D eigenvalue weighted by Gasteiger charge is -2.07. The summed E-state index contributed by atoms with van der Waals surface area (Å²) >= 11 is 6.02. The third kappa shape index (κ3) is 3.67. The lowest BCUT2D eigenvalue weighted by atomic mass is 10.1. The van der Waals surface area contributed by atoms with Crippen LogP contribution in [0.2, 0.25) is 5.15 Å². The van der Waals surface area contributed by atoms with Crippen molar-refractivity contribution in [3.8, 4) is 0 Å². The zero-order valence-corrected chi connectivity index (χ0v) is 10.1. The maximum Gasteiger partial charge on any atom is 0.221 e. The van der Waals surface area contributed by atoms with Gasteiger partial charge >= 0.3 is 0 Å². The summed E-state index contributed by atoms with van der Waals surface area (Å²) in [5, 5.41) is 0.511. The van der Waals surface area contributed by atoms with Crippen LogP contribution in [0.25, 0.3) is 0 Å². The van der Waals surface area contributed by atoms with Crippen LogP contribution >= 0.6 is 11.6 Å². The first-order valence-corrected chi connectivity index (χ1v) is 5.81. The molecule has 0 unspecified atom stereocenters. The van der Waals surface area contributed by atoms with E-state index in [0.717, 1.165) is 24.1 Å². The van der Waals surface area contributed by atoms with Crippen LogP contribution in [-0.2, 0) is 6.42 Å². The molecule has 0 aliphatic heterocycles. The minimum atomic E-state index is 0.259. The van der Waals surface area contributed by atoms with E-state index >= 15 is 0 Å². The summed E-state index contributed by atoms with van der Waals surface area (Å²) in [6.07, 6.45) is 5.83. The Bertz CT molecular complexity index is 303. The van der Waals surface area contributed by atoms with Gasteiger partial charge in [-0.15, -0.1) is 0 Å². The summed E-state index contributed by atoms with van der Waals surface area (Å²) < 4.78 is 0. The van der Waals surface area contributed by atoms with E-state index in [1.165, 1.54) is 19.3 Å². The molecule has 0 aromatic carbocycles. The first-order valence-electron chi connectivity index (χ1n) is 5.43. The van der Waals surface area contributed by atoms with Crippen molar-refractivity contribution in [1.29, 1.82) is 0 Å². The van der Waals surface area contributed by atoms with Crippen LogP contribution < -0.4 is 5.73 Å². The molecule has 1 aromatic heterocycles. The van der Waals surface area contributed by atoms with Gasteiger partial charge in [-0.05, 0) is 19.8 Å². The fraction of sp³-hybridized carbons (Fsp3) is 0.636. The summed E-state index contributed by atoms with van der Waals surface area (Å²) in [5.41, 5.74) is 7.45. The van der Waals surface area contributed by atoms with Crippen molar-refractivity contribution in [3.05, 3.63) is 16.4 Å². The lowest BCUT2D eigenvalue weighted by Crippen LogP contribution is -2.02. The molecule has 15 heavy (non-hydrogen) atoms. The van der Waals surface area contributed by atoms with Crippen molar-refractivity contribution in [2.24, 2.45) is 0 Å². The molecule has 2 N–H and O–H groups in total. The van der Waals surface area contributed by atoms with E-state index < -0.39 is 0 Å². The number of anilines is 1. The zero-order chi connectivity index (χ0) is 11.3. The molecular weight excluding hydrogens is 210 g/mol. The Hall–Kier alpha value is -0.830. The Morgan fingerprint density at radius 3 is 2.53 bits per heavy atom. The van der Waals surface area contributed by atoms with Crippen molar-refractivity contribution in [3.63, 3.8) is 0 Å². The van der Waals surface area contributed by atoms with E-state index in [-0.39, 0.29) is 5.95 Å². The number of hydrogen-bond donors (Lipinski definition) is 1. The van der Waals surface area contributed by atoms with Gasteiger partial charge in [-0.2, -0.15) is 0 Å². The second-order valence-corrected chi connectivity index (χ2v) is 4.11. The predicted octanol–water partition coefficient (Wildman–Crippen LogP) is 3.14. The summed E-state index contributed by atoms with van der Waals surface area (Å²) in [6.45, 7) is 4.13. The average Bonchev–Trinajstić information content (AvgIpc) is 2.15. The Balaban J connectivity index is 2.60. The summed E-state index contributed by atoms with van der Waals surface area (Å²) in [6, 6.07) is 0. The second kappa shape index (κ2) is 5.91. The highest BCUT2D eigenvalue weighted by Crippen LogP contribution is 2.19. The molecule has 0 aliphatic carbocycles. The maximum atomic E-state index is 6.02. The van der Waals surface area contributed by atoms with Crippen molar-refractivity contribution in [2.45, 2.75) is 46.0 Å². The van der Waals surface area contributed by atoms with E-state index in [4.69, 9.17) is 17.3 Å². The topological polar surface area (TPSA) is 51.8 Å². The molecule has 1 heterocycles. The van der Waals surface area contributed by atoms with Crippen LogP contribution in [0.3, 0.4) is 0 Å². The fourth-order valence-electron chi connectivity index (χ4n) is 1.59. The number of hydrogen-bond acceptors (Lipinski definition) is 3. The Kier molecular flexibility index (Phi) is 4.82. The Morgan fingerprint density at radius 2 is 1.93 bits per heavy atom. The number of aryl methyl sites for hydroxylation is 1. The van der Waals surface area contributed by atoms with Crippen LogP contribution in [0, 0.1) is 6.92 Å². The number of nitrogens with two attached hydrogens (primary N) is 1. The van der Waals surface area contributed by atoms with Crippen LogP contribution in [0.4, 0.5) is 5.95 Å². The maximum absolute atomic E-state index is 6.02. The molecule has 1 rings (SSSR count). The van der Waals surface area contributed by atoms with Crippen LogP contribution in [0.15, 0.2) is 0 Å². The molecular formula is C11H18ClN3. The lowest BCUT2D eigenvalue weighted by molar-refractivity contribution is 0.663. The minimum Gasteiger partial charge on any atom is -0.368 e. The van der Waals surface area contributed by atoms with Gasteiger partial charge in [0.2, 0.25) is 5.95 Å². The Morgan fingerprint density at radius 1 is 1.20 bits per heavy atom. The van der Waals surface area contributed by atoms with Crippen molar-refractivity contribution in [2.75, 3.05) is 5.73 Å². The number of unbranched alkanes of at least 4 members (excludes halogenated alkanes) is 3. The SMILES string of the molecule is CCCCCCc1c(C)nc(N)nc1Cl. The molecule has 0 fully saturated rings. The third-order valence-corrected chi connectivity index (χ3v) is 2.77. The molecule has 0 saturated carbocycles. The van der Waals surface area contributed by atoms with E-state index in [1.807, 2.05) is 6.92 Å². The van der Waals surface area contributed by atoms with Gasteiger partial charge in [0.1, 0.15) is 5.15 Å². The second-order valence-electron chi connectivity index (χ2n) is 3.75. The predicted molar refractivity (Wildman–Crippen MR) is 64.0 cm³/mol. The number of rotatable bonds is 5. The van der Waals surface area contributed by atoms with Gasteiger partial charge in [0.15, 0.2) is 0 Å². The smallest absolute Gasteiger partial charge is 0.221 e. The molecule has 1 aromatic rings. The Labute approximate surface area is 96.1 Å². The van der Waals surface area contributed by atoms with Gasteiger partial charge in [-0.1, -0.05) is 37.8 Å². The fourth-order valence-corrected chi connectivity index (χ4v) is 1.91. The summed E-state index contributed by atoms with van der Waals surface area (Å²) in [4.78, 5) is 8.08. The standard InChI is InChI=1S/C11H18ClN3/c1-3-4-5-6-7-9-8(2)14-11(13)15-10(9)12/h3-7H2,1-2H3,(H2,13,14,15).